The molecule has 16 heavy (non-hydrogen) atoms. The summed E-state index contributed by atoms with van der Waals surface area (Å²) in [4.78, 5) is 22.4. The fourth-order valence-electron chi connectivity index (χ4n) is 1.94. The van der Waals surface area contributed by atoms with Gasteiger partial charge in [0.25, 0.3) is 0 Å². The minimum Gasteiger partial charge on any atom is -0.481 e. The van der Waals surface area contributed by atoms with Crippen LogP contribution in [0.4, 0.5) is 5.69 Å². The number of hydrogen-bond acceptors (Lipinski definition) is 2. The van der Waals surface area contributed by atoms with Crippen molar-refractivity contribution in [3.63, 3.8) is 0 Å². The topological polar surface area (TPSA) is 66.4 Å². The van der Waals surface area contributed by atoms with Gasteiger partial charge in [-0.25, -0.2) is 0 Å². The van der Waals surface area contributed by atoms with Crippen LogP contribution in [0.2, 0.25) is 0 Å². The van der Waals surface area contributed by atoms with Gasteiger partial charge in [0.2, 0.25) is 5.91 Å². The number of fused-ring (bicyclic) bond motifs is 1. The number of nitrogens with one attached hydrogen (secondary N) is 1. The Labute approximate surface area is 93.3 Å². The van der Waals surface area contributed by atoms with Crippen molar-refractivity contribution in [3.8, 4) is 0 Å². The lowest BCUT2D eigenvalue weighted by Gasteiger charge is -2.24. The second-order valence-electron chi connectivity index (χ2n) is 4.13. The Kier molecular flexibility index (Phi) is 2.42. The fraction of sp³-hybridized carbons (Fsp3) is 0.333. The first kappa shape index (κ1) is 10.7. The van der Waals surface area contributed by atoms with E-state index in [1.807, 2.05) is 26.0 Å². The van der Waals surface area contributed by atoms with Crippen LogP contribution in [-0.2, 0) is 16.0 Å². The maximum Gasteiger partial charge on any atom is 0.316 e. The molecule has 0 spiro atoms. The van der Waals surface area contributed by atoms with E-state index in [9.17, 15) is 9.59 Å². The minimum atomic E-state index is -1.07. The lowest BCUT2D eigenvalue weighted by atomic mass is 9.90. The largest absolute Gasteiger partial charge is 0.481 e. The molecule has 1 atom stereocenters. The second kappa shape index (κ2) is 3.63. The maximum absolute atomic E-state index is 11.6. The van der Waals surface area contributed by atoms with Crippen molar-refractivity contribution < 1.29 is 14.7 Å². The highest BCUT2D eigenvalue weighted by Gasteiger charge is 2.32. The first-order valence-corrected chi connectivity index (χ1v) is 5.13. The van der Waals surface area contributed by atoms with Crippen molar-refractivity contribution in [3.05, 3.63) is 28.8 Å². The molecule has 2 rings (SSSR count). The molecule has 0 bridgehead atoms. The molecule has 1 aromatic rings. The number of aryl methyl sites for hydroxylation is 1. The molecule has 1 aliphatic rings. The molecule has 1 aromatic carbocycles. The van der Waals surface area contributed by atoms with Crippen LogP contribution in [0.15, 0.2) is 12.1 Å². The van der Waals surface area contributed by atoms with Gasteiger partial charge in [-0.05, 0) is 37.0 Å². The molecule has 0 saturated heterocycles. The first-order chi connectivity index (χ1) is 7.50. The van der Waals surface area contributed by atoms with Crippen molar-refractivity contribution >= 4 is 17.6 Å². The third-order valence-corrected chi connectivity index (χ3v) is 3.11. The van der Waals surface area contributed by atoms with Crippen molar-refractivity contribution in [1.82, 2.24) is 0 Å². The molecule has 1 aliphatic heterocycles. The summed E-state index contributed by atoms with van der Waals surface area (Å²) in [5, 5.41) is 11.6. The standard InChI is InChI=1S/C12H13NO3/c1-6-3-4-8-5-9(12(15)16)11(14)13-10(8)7(6)2/h3-4,9H,5H2,1-2H3,(H,13,14)(H,15,16). The number of carboxylic acids is 1. The number of carboxylic acid groups (broad SMARTS) is 1. The molecule has 1 heterocycles. The van der Waals surface area contributed by atoms with Gasteiger partial charge in [0, 0.05) is 5.69 Å². The number of rotatable bonds is 1. The zero-order valence-corrected chi connectivity index (χ0v) is 9.20. The van der Waals surface area contributed by atoms with Gasteiger partial charge in [0.05, 0.1) is 0 Å². The van der Waals surface area contributed by atoms with E-state index in [1.54, 1.807) is 0 Å². The molecule has 1 amide bonds. The van der Waals surface area contributed by atoms with Crippen molar-refractivity contribution in [2.45, 2.75) is 20.3 Å². The normalized spacial score (nSPS) is 18.9. The smallest absolute Gasteiger partial charge is 0.316 e. The summed E-state index contributed by atoms with van der Waals surface area (Å²) in [7, 11) is 0. The molecule has 0 fully saturated rings. The van der Waals surface area contributed by atoms with Crippen molar-refractivity contribution in [2.24, 2.45) is 5.92 Å². The Balaban J connectivity index is 2.46. The molecule has 84 valence electrons. The minimum absolute atomic E-state index is 0.275. The van der Waals surface area contributed by atoms with Gasteiger partial charge >= 0.3 is 5.97 Å². The number of carbonyl (C=O) groups is 2. The van der Waals surface area contributed by atoms with E-state index >= 15 is 0 Å². The van der Waals surface area contributed by atoms with Crippen LogP contribution in [0.5, 0.6) is 0 Å². The molecule has 4 nitrogen and oxygen atoms in total. The van der Waals surface area contributed by atoms with Crippen molar-refractivity contribution in [1.29, 1.82) is 0 Å². The van der Waals surface area contributed by atoms with Gasteiger partial charge in [-0.3, -0.25) is 9.59 Å². The molecule has 4 heteroatoms. The van der Waals surface area contributed by atoms with E-state index in [0.29, 0.717) is 0 Å². The lowest BCUT2D eigenvalue weighted by molar-refractivity contribution is -0.145. The highest BCUT2D eigenvalue weighted by molar-refractivity contribution is 6.07. The Morgan fingerprint density at radius 3 is 2.75 bits per heavy atom. The molecule has 0 saturated carbocycles. The summed E-state index contributed by atoms with van der Waals surface area (Å²) in [6.45, 7) is 3.89. The highest BCUT2D eigenvalue weighted by atomic mass is 16.4. The van der Waals surface area contributed by atoms with Gasteiger partial charge in [-0.1, -0.05) is 12.1 Å². The Morgan fingerprint density at radius 1 is 1.44 bits per heavy atom. The number of amides is 1. The number of benzene rings is 1. The summed E-state index contributed by atoms with van der Waals surface area (Å²) in [5.74, 6) is -2.45. The summed E-state index contributed by atoms with van der Waals surface area (Å²) in [6, 6.07) is 3.83. The van der Waals surface area contributed by atoms with Gasteiger partial charge in [0.15, 0.2) is 0 Å². The van der Waals surface area contributed by atoms with Gasteiger partial charge < -0.3 is 10.4 Å². The zero-order chi connectivity index (χ0) is 11.9. The summed E-state index contributed by atoms with van der Waals surface area (Å²) in [6.07, 6.45) is 0.275. The average Bonchev–Trinajstić information content (AvgIpc) is 2.23. The van der Waals surface area contributed by atoms with Crippen LogP contribution in [0.25, 0.3) is 0 Å². The molecule has 1 unspecified atom stereocenters. The predicted octanol–water partition coefficient (Wildman–Crippen LogP) is 1.50. The molecule has 0 aliphatic carbocycles. The Hall–Kier alpha value is -1.84. The van der Waals surface area contributed by atoms with Crippen LogP contribution in [0.1, 0.15) is 16.7 Å². The third-order valence-electron chi connectivity index (χ3n) is 3.11. The highest BCUT2D eigenvalue weighted by Crippen LogP contribution is 2.30. The molecule has 2 N–H and O–H groups in total. The SMILES string of the molecule is Cc1ccc2c(c1C)NC(=O)C(C(=O)O)C2. The van der Waals surface area contributed by atoms with E-state index in [2.05, 4.69) is 5.32 Å². The van der Waals surface area contributed by atoms with Crippen molar-refractivity contribution in [2.75, 3.05) is 5.32 Å². The average molecular weight is 219 g/mol. The van der Waals surface area contributed by atoms with Crippen LogP contribution in [-0.4, -0.2) is 17.0 Å². The van der Waals surface area contributed by atoms with Gasteiger partial charge in [-0.2, -0.15) is 0 Å². The Morgan fingerprint density at radius 2 is 2.12 bits per heavy atom. The summed E-state index contributed by atoms with van der Waals surface area (Å²) < 4.78 is 0. The molecular weight excluding hydrogens is 206 g/mol. The number of aliphatic carboxylic acids is 1. The maximum atomic E-state index is 11.6. The van der Waals surface area contributed by atoms with E-state index in [4.69, 9.17) is 5.11 Å². The Bertz CT molecular complexity index is 479. The van der Waals surface area contributed by atoms with E-state index in [1.165, 1.54) is 0 Å². The quantitative estimate of drug-likeness (QED) is 0.703. The van der Waals surface area contributed by atoms with E-state index < -0.39 is 17.8 Å². The van der Waals surface area contributed by atoms with Gasteiger partial charge in [0.1, 0.15) is 5.92 Å². The first-order valence-electron chi connectivity index (χ1n) is 5.13. The number of hydrogen-bond donors (Lipinski definition) is 2. The number of carbonyl (C=O) groups excluding carboxylic acids is 1. The molecular formula is C12H13NO3. The monoisotopic (exact) mass is 219 g/mol. The predicted molar refractivity (Wildman–Crippen MR) is 59.4 cm³/mol. The van der Waals surface area contributed by atoms with Gasteiger partial charge in [-0.15, -0.1) is 0 Å². The lowest BCUT2D eigenvalue weighted by Crippen LogP contribution is -2.35. The second-order valence-corrected chi connectivity index (χ2v) is 4.13. The van der Waals surface area contributed by atoms with E-state index in [0.717, 1.165) is 22.4 Å². The van der Waals surface area contributed by atoms with Crippen LogP contribution >= 0.6 is 0 Å². The number of anilines is 1. The summed E-state index contributed by atoms with van der Waals surface area (Å²) >= 11 is 0. The van der Waals surface area contributed by atoms with Crippen LogP contribution < -0.4 is 5.32 Å². The molecule has 0 aromatic heterocycles. The summed E-state index contributed by atoms with van der Waals surface area (Å²) in [5.41, 5.74) is 3.78. The van der Waals surface area contributed by atoms with E-state index in [-0.39, 0.29) is 6.42 Å². The third kappa shape index (κ3) is 1.56. The van der Waals surface area contributed by atoms with Crippen LogP contribution in [0, 0.1) is 19.8 Å². The molecule has 0 radical (unpaired) electrons. The zero-order valence-electron chi connectivity index (χ0n) is 9.20. The fourth-order valence-corrected chi connectivity index (χ4v) is 1.94. The van der Waals surface area contributed by atoms with Crippen LogP contribution in [0.3, 0.4) is 0 Å².